The Kier molecular flexibility index (Phi) is 2.88. The fourth-order valence-corrected chi connectivity index (χ4v) is 1.97. The van der Waals surface area contributed by atoms with Crippen molar-refractivity contribution >= 4 is 11.9 Å². The van der Waals surface area contributed by atoms with Gasteiger partial charge in [0.15, 0.2) is 0 Å². The topological polar surface area (TPSA) is 63.6 Å². The Hall–Kier alpha value is -1.84. The molecule has 2 rings (SSSR count). The number of ether oxygens (including phenoxy) is 1. The smallest absolute Gasteiger partial charge is 0.338 e. The van der Waals surface area contributed by atoms with Gasteiger partial charge in [-0.25, -0.2) is 4.79 Å². The summed E-state index contributed by atoms with van der Waals surface area (Å²) in [7, 11) is 1.32. The summed E-state index contributed by atoms with van der Waals surface area (Å²) in [6, 6.07) is 7.00. The molecule has 1 aliphatic carbocycles. The normalized spacial score (nSPS) is 16.3. The predicted octanol–water partition coefficient (Wildman–Crippen LogP) is 1.88. The third-order valence-corrected chi connectivity index (χ3v) is 3.26. The first-order valence-corrected chi connectivity index (χ1v) is 5.49. The van der Waals surface area contributed by atoms with Crippen molar-refractivity contribution in [1.82, 2.24) is 0 Å². The van der Waals surface area contributed by atoms with Crippen molar-refractivity contribution in [1.29, 1.82) is 0 Å². The summed E-state index contributed by atoms with van der Waals surface area (Å²) in [5.41, 5.74) is 0.547. The number of carboxylic acid groups (broad SMARTS) is 1. The predicted molar refractivity (Wildman–Crippen MR) is 60.8 cm³/mol. The quantitative estimate of drug-likeness (QED) is 0.808. The first kappa shape index (κ1) is 11.6. The zero-order valence-corrected chi connectivity index (χ0v) is 9.60. The van der Waals surface area contributed by atoms with Gasteiger partial charge in [-0.05, 0) is 30.9 Å². The Bertz CT molecular complexity index is 460. The third kappa shape index (κ3) is 2.16. The van der Waals surface area contributed by atoms with E-state index in [1.165, 1.54) is 7.11 Å². The second kappa shape index (κ2) is 4.20. The van der Waals surface area contributed by atoms with E-state index in [-0.39, 0.29) is 0 Å². The number of esters is 1. The zero-order chi connectivity index (χ0) is 12.5. The van der Waals surface area contributed by atoms with Crippen molar-refractivity contribution < 1.29 is 19.4 Å². The van der Waals surface area contributed by atoms with Crippen LogP contribution >= 0.6 is 0 Å². The first-order valence-electron chi connectivity index (χ1n) is 5.49. The minimum Gasteiger partial charge on any atom is -0.481 e. The summed E-state index contributed by atoms with van der Waals surface area (Å²) in [6.45, 7) is 0. The fraction of sp³-hybridized carbons (Fsp3) is 0.385. The van der Waals surface area contributed by atoms with Crippen LogP contribution in [0.5, 0.6) is 0 Å². The lowest BCUT2D eigenvalue weighted by atomic mass is 9.93. The van der Waals surface area contributed by atoms with E-state index in [0.29, 0.717) is 24.8 Å². The van der Waals surface area contributed by atoms with Gasteiger partial charge in [0.25, 0.3) is 0 Å². The van der Waals surface area contributed by atoms with Crippen LogP contribution in [0, 0.1) is 5.41 Å². The highest BCUT2D eigenvalue weighted by Crippen LogP contribution is 2.48. The number of aliphatic carboxylic acids is 1. The van der Waals surface area contributed by atoms with Gasteiger partial charge in [-0.15, -0.1) is 0 Å². The molecule has 0 aliphatic heterocycles. The van der Waals surface area contributed by atoms with Crippen LogP contribution in [0.4, 0.5) is 0 Å². The van der Waals surface area contributed by atoms with Gasteiger partial charge < -0.3 is 9.84 Å². The Balaban J connectivity index is 2.27. The van der Waals surface area contributed by atoms with Crippen LogP contribution in [0.3, 0.4) is 0 Å². The van der Waals surface area contributed by atoms with Crippen molar-refractivity contribution in [2.45, 2.75) is 19.3 Å². The highest BCUT2D eigenvalue weighted by molar-refractivity contribution is 5.91. The highest BCUT2D eigenvalue weighted by atomic mass is 16.5. The van der Waals surface area contributed by atoms with E-state index in [1.807, 2.05) is 0 Å². The van der Waals surface area contributed by atoms with Gasteiger partial charge in [0.1, 0.15) is 0 Å². The summed E-state index contributed by atoms with van der Waals surface area (Å²) in [5, 5.41) is 9.14. The number of rotatable bonds is 4. The Morgan fingerprint density at radius 2 is 2.00 bits per heavy atom. The Morgan fingerprint density at radius 3 is 2.53 bits per heavy atom. The summed E-state index contributed by atoms with van der Waals surface area (Å²) < 4.78 is 4.69. The second-order valence-electron chi connectivity index (χ2n) is 4.41. The number of carbonyl (C=O) groups is 2. The maximum atomic E-state index is 11.5. The molecule has 1 aliphatic rings. The monoisotopic (exact) mass is 234 g/mol. The van der Waals surface area contributed by atoms with Crippen molar-refractivity contribution in [3.8, 4) is 0 Å². The van der Waals surface area contributed by atoms with Gasteiger partial charge in [-0.2, -0.15) is 0 Å². The van der Waals surface area contributed by atoms with Gasteiger partial charge in [0.2, 0.25) is 0 Å². The van der Waals surface area contributed by atoms with E-state index in [4.69, 9.17) is 5.11 Å². The van der Waals surface area contributed by atoms with Gasteiger partial charge in [0, 0.05) is 0 Å². The molecule has 17 heavy (non-hydrogen) atoms. The van der Waals surface area contributed by atoms with E-state index < -0.39 is 17.4 Å². The van der Waals surface area contributed by atoms with Crippen LogP contribution < -0.4 is 0 Å². The molecular weight excluding hydrogens is 220 g/mol. The number of methoxy groups -OCH3 is 1. The molecule has 0 radical (unpaired) electrons. The largest absolute Gasteiger partial charge is 0.481 e. The number of carboxylic acids is 1. The minimum absolute atomic E-state index is 0.396. The molecule has 1 aromatic carbocycles. The fourth-order valence-electron chi connectivity index (χ4n) is 1.97. The Morgan fingerprint density at radius 1 is 1.35 bits per heavy atom. The number of benzene rings is 1. The molecule has 0 amide bonds. The standard InChI is InChI=1S/C13H14O4/c1-17-11(14)10-5-3-2-4-9(10)8-13(6-7-13)12(15)16/h2-5H,6-8H2,1H3,(H,15,16). The van der Waals surface area contributed by atoms with Crippen LogP contribution in [0.25, 0.3) is 0 Å². The maximum Gasteiger partial charge on any atom is 0.338 e. The number of hydrogen-bond donors (Lipinski definition) is 1. The minimum atomic E-state index is -0.780. The number of carbonyl (C=O) groups excluding carboxylic acids is 1. The van der Waals surface area contributed by atoms with Crippen molar-refractivity contribution in [2.75, 3.05) is 7.11 Å². The molecular formula is C13H14O4. The summed E-state index contributed by atoms with van der Waals surface area (Å²) >= 11 is 0. The second-order valence-corrected chi connectivity index (χ2v) is 4.41. The molecule has 0 saturated heterocycles. The lowest BCUT2D eigenvalue weighted by molar-refractivity contribution is -0.143. The van der Waals surface area contributed by atoms with Crippen molar-refractivity contribution in [3.63, 3.8) is 0 Å². The molecule has 0 heterocycles. The molecule has 0 atom stereocenters. The molecule has 1 aromatic rings. The van der Waals surface area contributed by atoms with E-state index in [0.717, 1.165) is 5.56 Å². The highest BCUT2D eigenvalue weighted by Gasteiger charge is 2.50. The first-order chi connectivity index (χ1) is 8.09. The maximum absolute atomic E-state index is 11.5. The summed E-state index contributed by atoms with van der Waals surface area (Å²) in [6.07, 6.45) is 1.75. The SMILES string of the molecule is COC(=O)c1ccccc1CC1(C(=O)O)CC1. The zero-order valence-electron chi connectivity index (χ0n) is 9.60. The Labute approximate surface area is 99.2 Å². The van der Waals surface area contributed by atoms with E-state index in [1.54, 1.807) is 24.3 Å². The van der Waals surface area contributed by atoms with E-state index >= 15 is 0 Å². The average molecular weight is 234 g/mol. The molecule has 4 heteroatoms. The summed E-state index contributed by atoms with van der Waals surface area (Å²) in [5.74, 6) is -1.20. The number of hydrogen-bond acceptors (Lipinski definition) is 3. The van der Waals surface area contributed by atoms with E-state index in [2.05, 4.69) is 4.74 Å². The van der Waals surface area contributed by atoms with Crippen LogP contribution in [-0.2, 0) is 16.0 Å². The summed E-state index contributed by atoms with van der Waals surface area (Å²) in [4.78, 5) is 22.7. The molecule has 0 spiro atoms. The van der Waals surface area contributed by atoms with Crippen LogP contribution in [0.2, 0.25) is 0 Å². The average Bonchev–Trinajstić information content (AvgIpc) is 3.10. The lowest BCUT2D eigenvalue weighted by Gasteiger charge is -2.12. The van der Waals surface area contributed by atoms with E-state index in [9.17, 15) is 9.59 Å². The van der Waals surface area contributed by atoms with Crippen molar-refractivity contribution in [2.24, 2.45) is 5.41 Å². The van der Waals surface area contributed by atoms with Crippen LogP contribution in [0.1, 0.15) is 28.8 Å². The lowest BCUT2D eigenvalue weighted by Crippen LogP contribution is -2.19. The van der Waals surface area contributed by atoms with Gasteiger partial charge in [-0.1, -0.05) is 18.2 Å². The molecule has 0 aromatic heterocycles. The molecule has 1 N–H and O–H groups in total. The van der Waals surface area contributed by atoms with Gasteiger partial charge >= 0.3 is 11.9 Å². The molecule has 1 fully saturated rings. The van der Waals surface area contributed by atoms with Gasteiger partial charge in [0.05, 0.1) is 18.1 Å². The molecule has 90 valence electrons. The van der Waals surface area contributed by atoms with Crippen LogP contribution in [-0.4, -0.2) is 24.2 Å². The van der Waals surface area contributed by atoms with Crippen LogP contribution in [0.15, 0.2) is 24.3 Å². The molecule has 1 saturated carbocycles. The van der Waals surface area contributed by atoms with Crippen molar-refractivity contribution in [3.05, 3.63) is 35.4 Å². The molecule has 4 nitrogen and oxygen atoms in total. The van der Waals surface area contributed by atoms with Gasteiger partial charge in [-0.3, -0.25) is 4.79 Å². The third-order valence-electron chi connectivity index (χ3n) is 3.26. The molecule has 0 unspecified atom stereocenters. The molecule has 0 bridgehead atoms.